The van der Waals surface area contributed by atoms with Crippen molar-refractivity contribution in [1.82, 2.24) is 5.32 Å². The molecule has 0 fully saturated rings. The monoisotopic (exact) mass is 381 g/mol. The van der Waals surface area contributed by atoms with Crippen molar-refractivity contribution in [3.63, 3.8) is 0 Å². The van der Waals surface area contributed by atoms with Gasteiger partial charge < -0.3 is 19.5 Å². The van der Waals surface area contributed by atoms with Gasteiger partial charge in [0.05, 0.1) is 5.02 Å². The van der Waals surface area contributed by atoms with Gasteiger partial charge in [0.2, 0.25) is 0 Å². The van der Waals surface area contributed by atoms with Gasteiger partial charge in [-0.25, -0.2) is 0 Å². The van der Waals surface area contributed by atoms with Crippen LogP contribution in [0.1, 0.15) is 12.5 Å². The SMILES string of the molecule is CC(Oc1ccc(Cl)cc1Cl)C(=O)NCc1cccc2c1OCCO2. The van der Waals surface area contributed by atoms with Gasteiger partial charge in [0, 0.05) is 17.1 Å². The van der Waals surface area contributed by atoms with Gasteiger partial charge in [0.1, 0.15) is 19.0 Å². The van der Waals surface area contributed by atoms with Gasteiger partial charge in [0.25, 0.3) is 5.91 Å². The van der Waals surface area contributed by atoms with Crippen molar-refractivity contribution < 1.29 is 19.0 Å². The van der Waals surface area contributed by atoms with E-state index in [-0.39, 0.29) is 5.91 Å². The van der Waals surface area contributed by atoms with Crippen molar-refractivity contribution in [3.05, 3.63) is 52.0 Å². The van der Waals surface area contributed by atoms with Crippen LogP contribution in [0.15, 0.2) is 36.4 Å². The van der Waals surface area contributed by atoms with Crippen LogP contribution in [0.25, 0.3) is 0 Å². The number of nitrogens with one attached hydrogen (secondary N) is 1. The molecule has 0 saturated heterocycles. The van der Waals surface area contributed by atoms with E-state index in [1.165, 1.54) is 0 Å². The molecule has 5 nitrogen and oxygen atoms in total. The number of hydrogen-bond donors (Lipinski definition) is 1. The van der Waals surface area contributed by atoms with Gasteiger partial charge >= 0.3 is 0 Å². The molecule has 0 spiro atoms. The highest BCUT2D eigenvalue weighted by Crippen LogP contribution is 2.33. The standard InChI is InChI=1S/C18H17Cl2NO4/c1-11(25-15-6-5-13(19)9-14(15)20)18(22)21-10-12-3-2-4-16-17(12)24-8-7-23-16/h2-6,9,11H,7-8,10H2,1H3,(H,21,22). The summed E-state index contributed by atoms with van der Waals surface area (Å²) in [5.41, 5.74) is 0.849. The molecule has 0 aliphatic carbocycles. The first kappa shape index (κ1) is 17.7. The third-order valence-electron chi connectivity index (χ3n) is 3.67. The van der Waals surface area contributed by atoms with Gasteiger partial charge in [-0.15, -0.1) is 0 Å². The molecule has 7 heteroatoms. The molecule has 2 aromatic carbocycles. The Morgan fingerprint density at radius 2 is 2.04 bits per heavy atom. The molecular weight excluding hydrogens is 365 g/mol. The third kappa shape index (κ3) is 4.30. The number of amides is 1. The minimum Gasteiger partial charge on any atom is -0.486 e. The number of rotatable bonds is 5. The summed E-state index contributed by atoms with van der Waals surface area (Å²) in [6, 6.07) is 10.4. The van der Waals surface area contributed by atoms with Crippen LogP contribution in [0.2, 0.25) is 10.0 Å². The lowest BCUT2D eigenvalue weighted by molar-refractivity contribution is -0.127. The maximum Gasteiger partial charge on any atom is 0.261 e. The Morgan fingerprint density at radius 3 is 2.84 bits per heavy atom. The fourth-order valence-corrected chi connectivity index (χ4v) is 2.87. The van der Waals surface area contributed by atoms with Crippen LogP contribution in [0.5, 0.6) is 17.2 Å². The van der Waals surface area contributed by atoms with Crippen LogP contribution in [0.3, 0.4) is 0 Å². The van der Waals surface area contributed by atoms with E-state index in [9.17, 15) is 4.79 Å². The topological polar surface area (TPSA) is 56.8 Å². The van der Waals surface area contributed by atoms with E-state index < -0.39 is 6.10 Å². The van der Waals surface area contributed by atoms with E-state index in [4.69, 9.17) is 37.4 Å². The molecule has 1 unspecified atom stereocenters. The van der Waals surface area contributed by atoms with Crippen molar-refractivity contribution >= 4 is 29.1 Å². The molecule has 1 heterocycles. The predicted molar refractivity (Wildman–Crippen MR) is 95.8 cm³/mol. The summed E-state index contributed by atoms with van der Waals surface area (Å²) in [6.07, 6.45) is -0.713. The van der Waals surface area contributed by atoms with Gasteiger partial charge in [0.15, 0.2) is 17.6 Å². The van der Waals surface area contributed by atoms with E-state index in [1.54, 1.807) is 25.1 Å². The molecule has 3 rings (SSSR count). The van der Waals surface area contributed by atoms with Crippen LogP contribution in [-0.4, -0.2) is 25.2 Å². The molecule has 1 atom stereocenters. The molecular formula is C18H17Cl2NO4. The summed E-state index contributed by atoms with van der Waals surface area (Å²) in [5, 5.41) is 3.69. The Bertz CT molecular complexity index is 782. The van der Waals surface area contributed by atoms with Gasteiger partial charge in [-0.05, 0) is 31.2 Å². The molecule has 25 heavy (non-hydrogen) atoms. The first-order valence-electron chi connectivity index (χ1n) is 7.81. The van der Waals surface area contributed by atoms with Crippen molar-refractivity contribution in [3.8, 4) is 17.2 Å². The normalized spacial score (nSPS) is 13.9. The molecule has 132 valence electrons. The van der Waals surface area contributed by atoms with Crippen LogP contribution in [0, 0.1) is 0 Å². The zero-order valence-corrected chi connectivity index (χ0v) is 15.1. The van der Waals surface area contributed by atoms with Crippen molar-refractivity contribution in [2.24, 2.45) is 0 Å². The van der Waals surface area contributed by atoms with Crippen LogP contribution in [0.4, 0.5) is 0 Å². The second-order valence-corrected chi connectivity index (χ2v) is 6.34. The number of carbonyl (C=O) groups excluding carboxylic acids is 1. The summed E-state index contributed by atoms with van der Waals surface area (Å²) < 4.78 is 16.8. The number of fused-ring (bicyclic) bond motifs is 1. The largest absolute Gasteiger partial charge is 0.486 e. The highest BCUT2D eigenvalue weighted by molar-refractivity contribution is 6.35. The maximum atomic E-state index is 12.3. The summed E-state index contributed by atoms with van der Waals surface area (Å²) in [7, 11) is 0. The van der Waals surface area contributed by atoms with Crippen molar-refractivity contribution in [1.29, 1.82) is 0 Å². The number of ether oxygens (including phenoxy) is 3. The Morgan fingerprint density at radius 1 is 1.24 bits per heavy atom. The second-order valence-electron chi connectivity index (χ2n) is 5.49. The first-order chi connectivity index (χ1) is 12.0. The molecule has 1 amide bonds. The summed E-state index contributed by atoms with van der Waals surface area (Å²) >= 11 is 11.9. The van der Waals surface area contributed by atoms with Crippen LogP contribution >= 0.6 is 23.2 Å². The summed E-state index contributed by atoms with van der Waals surface area (Å²) in [6.45, 7) is 2.98. The first-order valence-corrected chi connectivity index (χ1v) is 8.57. The lowest BCUT2D eigenvalue weighted by Gasteiger charge is -2.21. The number of carbonyl (C=O) groups is 1. The summed E-state index contributed by atoms with van der Waals surface area (Å²) in [4.78, 5) is 12.3. The number of benzene rings is 2. The van der Waals surface area contributed by atoms with E-state index in [2.05, 4.69) is 5.32 Å². The fourth-order valence-electron chi connectivity index (χ4n) is 2.41. The Labute approximate surface area is 155 Å². The zero-order valence-electron chi connectivity index (χ0n) is 13.6. The van der Waals surface area contributed by atoms with Crippen molar-refractivity contribution in [2.75, 3.05) is 13.2 Å². The lowest BCUT2D eigenvalue weighted by atomic mass is 10.1. The second kappa shape index (κ2) is 7.85. The Kier molecular flexibility index (Phi) is 5.56. The van der Waals surface area contributed by atoms with Gasteiger partial charge in [-0.2, -0.15) is 0 Å². The molecule has 1 aliphatic heterocycles. The van der Waals surface area contributed by atoms with E-state index >= 15 is 0 Å². The smallest absolute Gasteiger partial charge is 0.261 e. The van der Waals surface area contributed by atoms with E-state index in [0.29, 0.717) is 47.1 Å². The average molecular weight is 382 g/mol. The van der Waals surface area contributed by atoms with Crippen molar-refractivity contribution in [2.45, 2.75) is 19.6 Å². The number of halogens is 2. The number of para-hydroxylation sites is 1. The van der Waals surface area contributed by atoms with E-state index in [0.717, 1.165) is 5.56 Å². The molecule has 0 aromatic heterocycles. The summed E-state index contributed by atoms with van der Waals surface area (Å²) in [5.74, 6) is 1.50. The maximum absolute atomic E-state index is 12.3. The molecule has 2 aromatic rings. The van der Waals surface area contributed by atoms with Crippen LogP contribution < -0.4 is 19.5 Å². The minimum absolute atomic E-state index is 0.264. The molecule has 0 radical (unpaired) electrons. The zero-order chi connectivity index (χ0) is 17.8. The molecule has 1 N–H and O–H groups in total. The Hall–Kier alpha value is -2.11. The molecule has 0 bridgehead atoms. The highest BCUT2D eigenvalue weighted by Gasteiger charge is 2.19. The van der Waals surface area contributed by atoms with Gasteiger partial charge in [-0.3, -0.25) is 4.79 Å². The molecule has 1 aliphatic rings. The minimum atomic E-state index is -0.713. The highest BCUT2D eigenvalue weighted by atomic mass is 35.5. The average Bonchev–Trinajstić information content (AvgIpc) is 2.61. The predicted octanol–water partition coefficient (Wildman–Crippen LogP) is 3.85. The molecule has 0 saturated carbocycles. The number of hydrogen-bond acceptors (Lipinski definition) is 4. The lowest BCUT2D eigenvalue weighted by Crippen LogP contribution is -2.36. The van der Waals surface area contributed by atoms with E-state index in [1.807, 2.05) is 18.2 Å². The fraction of sp³-hybridized carbons (Fsp3) is 0.278. The van der Waals surface area contributed by atoms with Gasteiger partial charge in [-0.1, -0.05) is 35.3 Å². The van der Waals surface area contributed by atoms with Crippen LogP contribution in [-0.2, 0) is 11.3 Å². The Balaban J connectivity index is 1.61. The quantitative estimate of drug-likeness (QED) is 0.854. The third-order valence-corrected chi connectivity index (χ3v) is 4.20.